The number of ether oxygens (including phenoxy) is 2. The molecule has 182 valence electrons. The molecule has 2 amide bonds. The lowest BCUT2D eigenvalue weighted by Gasteiger charge is -2.31. The topological polar surface area (TPSA) is 67.9 Å². The van der Waals surface area contributed by atoms with Crippen molar-refractivity contribution in [3.8, 4) is 11.5 Å². The average molecular weight is 477 g/mol. The first-order chi connectivity index (χ1) is 17.0. The summed E-state index contributed by atoms with van der Waals surface area (Å²) in [5.41, 5.74) is 2.21. The van der Waals surface area contributed by atoms with E-state index in [-0.39, 0.29) is 31.6 Å². The number of benzene rings is 3. The fraction of sp³-hybridized carbons (Fsp3) is 0.286. The molecule has 0 radical (unpaired) electrons. The van der Waals surface area contributed by atoms with Gasteiger partial charge in [0.05, 0.1) is 0 Å². The third-order valence-corrected chi connectivity index (χ3v) is 5.99. The molecule has 6 nitrogen and oxygen atoms in total. The van der Waals surface area contributed by atoms with Gasteiger partial charge in [-0.05, 0) is 42.7 Å². The van der Waals surface area contributed by atoms with Gasteiger partial charge in [-0.2, -0.15) is 0 Å². The minimum atomic E-state index is -0.777. The Hall–Kier alpha value is -3.87. The highest BCUT2D eigenvalue weighted by Gasteiger charge is 2.30. The molecule has 0 saturated carbocycles. The second kappa shape index (κ2) is 11.5. The molecule has 0 aliphatic carbocycles. The van der Waals surface area contributed by atoms with Crippen LogP contribution in [0.25, 0.3) is 0 Å². The van der Waals surface area contributed by atoms with Crippen LogP contribution in [0.5, 0.6) is 11.5 Å². The Morgan fingerprint density at radius 2 is 1.71 bits per heavy atom. The van der Waals surface area contributed by atoms with Crippen molar-refractivity contribution in [2.45, 2.75) is 38.8 Å². The van der Waals surface area contributed by atoms with Gasteiger partial charge in [-0.3, -0.25) is 9.59 Å². The summed E-state index contributed by atoms with van der Waals surface area (Å²) in [5.74, 6) is 0.445. The van der Waals surface area contributed by atoms with Gasteiger partial charge in [-0.1, -0.05) is 54.6 Å². The molecule has 1 N–H and O–H groups in total. The zero-order valence-electron chi connectivity index (χ0n) is 19.7. The molecular formula is C28H29FN2O4. The minimum absolute atomic E-state index is 0.00127. The highest BCUT2D eigenvalue weighted by atomic mass is 19.1. The van der Waals surface area contributed by atoms with E-state index in [0.29, 0.717) is 36.4 Å². The van der Waals surface area contributed by atoms with Gasteiger partial charge >= 0.3 is 0 Å². The number of carbonyl (C=O) groups excluding carboxylic acids is 2. The van der Waals surface area contributed by atoms with Gasteiger partial charge in [-0.15, -0.1) is 0 Å². The molecule has 35 heavy (non-hydrogen) atoms. The van der Waals surface area contributed by atoms with Gasteiger partial charge < -0.3 is 19.7 Å². The van der Waals surface area contributed by atoms with E-state index < -0.39 is 11.9 Å². The van der Waals surface area contributed by atoms with Gasteiger partial charge in [0.1, 0.15) is 11.9 Å². The minimum Gasteiger partial charge on any atom is -0.454 e. The molecule has 0 saturated heterocycles. The highest BCUT2D eigenvalue weighted by molar-refractivity contribution is 5.88. The van der Waals surface area contributed by atoms with E-state index in [2.05, 4.69) is 5.32 Å². The summed E-state index contributed by atoms with van der Waals surface area (Å²) in [6.45, 7) is 2.45. The van der Waals surface area contributed by atoms with E-state index >= 15 is 0 Å². The molecule has 3 aromatic rings. The molecule has 1 aliphatic heterocycles. The number of amides is 2. The van der Waals surface area contributed by atoms with Crippen LogP contribution in [0.1, 0.15) is 30.0 Å². The third kappa shape index (κ3) is 6.18. The summed E-state index contributed by atoms with van der Waals surface area (Å²) >= 11 is 0. The number of rotatable bonds is 10. The maximum atomic E-state index is 14.6. The average Bonchev–Trinajstić information content (AvgIpc) is 3.34. The molecule has 0 aromatic heterocycles. The zero-order valence-corrected chi connectivity index (χ0v) is 19.7. The summed E-state index contributed by atoms with van der Waals surface area (Å²) < 4.78 is 25.4. The van der Waals surface area contributed by atoms with Crippen molar-refractivity contribution in [3.63, 3.8) is 0 Å². The molecule has 0 unspecified atom stereocenters. The normalized spacial score (nSPS) is 12.7. The fourth-order valence-corrected chi connectivity index (χ4v) is 4.15. The van der Waals surface area contributed by atoms with Crippen LogP contribution in [-0.2, 0) is 29.0 Å². The smallest absolute Gasteiger partial charge is 0.243 e. The number of halogens is 1. The molecule has 1 atom stereocenters. The second-order valence-corrected chi connectivity index (χ2v) is 8.40. The van der Waals surface area contributed by atoms with Crippen LogP contribution < -0.4 is 14.8 Å². The van der Waals surface area contributed by atoms with Crippen molar-refractivity contribution in [2.24, 2.45) is 0 Å². The first-order valence-electron chi connectivity index (χ1n) is 11.8. The molecule has 0 spiro atoms. The van der Waals surface area contributed by atoms with Crippen molar-refractivity contribution < 1.29 is 23.5 Å². The Kier molecular flexibility index (Phi) is 7.98. The van der Waals surface area contributed by atoms with Gasteiger partial charge in [0.25, 0.3) is 0 Å². The van der Waals surface area contributed by atoms with E-state index in [1.807, 2.05) is 55.5 Å². The Morgan fingerprint density at radius 3 is 2.49 bits per heavy atom. The van der Waals surface area contributed by atoms with Gasteiger partial charge in [0.2, 0.25) is 18.6 Å². The van der Waals surface area contributed by atoms with Crippen molar-refractivity contribution >= 4 is 11.8 Å². The largest absolute Gasteiger partial charge is 0.454 e. The van der Waals surface area contributed by atoms with Crippen molar-refractivity contribution in [1.82, 2.24) is 10.2 Å². The predicted octanol–water partition coefficient (Wildman–Crippen LogP) is 4.26. The summed E-state index contributed by atoms with van der Waals surface area (Å²) in [7, 11) is 0. The monoisotopic (exact) mass is 476 g/mol. The highest BCUT2D eigenvalue weighted by Crippen LogP contribution is 2.33. The number of aryl methyl sites for hydroxylation is 1. The maximum absolute atomic E-state index is 14.6. The lowest BCUT2D eigenvalue weighted by atomic mass is 10.0. The van der Waals surface area contributed by atoms with Crippen molar-refractivity contribution in [1.29, 1.82) is 0 Å². The van der Waals surface area contributed by atoms with Gasteiger partial charge in [0, 0.05) is 31.5 Å². The van der Waals surface area contributed by atoms with E-state index in [0.717, 1.165) is 11.1 Å². The quantitative estimate of drug-likeness (QED) is 0.475. The Morgan fingerprint density at radius 1 is 0.971 bits per heavy atom. The number of likely N-dealkylation sites (N-methyl/N-ethyl adjacent to an activating group) is 1. The Balaban J connectivity index is 1.59. The summed E-state index contributed by atoms with van der Waals surface area (Å²) in [5, 5.41) is 2.85. The van der Waals surface area contributed by atoms with E-state index in [4.69, 9.17) is 9.47 Å². The van der Waals surface area contributed by atoms with Crippen molar-refractivity contribution in [2.75, 3.05) is 13.3 Å². The number of fused-ring (bicyclic) bond motifs is 1. The third-order valence-electron chi connectivity index (χ3n) is 5.99. The van der Waals surface area contributed by atoms with Crippen LogP contribution in [0.3, 0.4) is 0 Å². The Labute approximate surface area is 204 Å². The summed E-state index contributed by atoms with van der Waals surface area (Å²) in [6, 6.07) is 20.7. The summed E-state index contributed by atoms with van der Waals surface area (Å²) in [4.78, 5) is 28.2. The number of nitrogens with zero attached hydrogens (tertiary/aromatic N) is 1. The van der Waals surface area contributed by atoms with Crippen LogP contribution in [-0.4, -0.2) is 36.1 Å². The Bertz CT molecular complexity index is 1170. The van der Waals surface area contributed by atoms with Crippen LogP contribution in [0.15, 0.2) is 72.8 Å². The number of hydrogen-bond donors (Lipinski definition) is 1. The van der Waals surface area contributed by atoms with Crippen LogP contribution in [0, 0.1) is 5.82 Å². The van der Waals surface area contributed by atoms with Gasteiger partial charge in [0.15, 0.2) is 11.5 Å². The van der Waals surface area contributed by atoms with E-state index in [1.54, 1.807) is 18.2 Å². The molecule has 3 aromatic carbocycles. The van der Waals surface area contributed by atoms with Crippen LogP contribution in [0.2, 0.25) is 0 Å². The van der Waals surface area contributed by atoms with Gasteiger partial charge in [-0.25, -0.2) is 4.39 Å². The zero-order chi connectivity index (χ0) is 24.6. The number of hydrogen-bond acceptors (Lipinski definition) is 4. The van der Waals surface area contributed by atoms with Crippen molar-refractivity contribution in [3.05, 3.63) is 95.3 Å². The maximum Gasteiger partial charge on any atom is 0.243 e. The molecule has 0 bridgehead atoms. The molecule has 1 aliphatic rings. The molecule has 4 rings (SSSR count). The second-order valence-electron chi connectivity index (χ2n) is 8.40. The summed E-state index contributed by atoms with van der Waals surface area (Å²) in [6.07, 6.45) is 0.951. The molecule has 7 heteroatoms. The lowest BCUT2D eigenvalue weighted by molar-refractivity contribution is -0.141. The van der Waals surface area contributed by atoms with E-state index in [9.17, 15) is 14.0 Å². The van der Waals surface area contributed by atoms with E-state index in [1.165, 1.54) is 11.0 Å². The standard InChI is InChI=1S/C28H29FN2O4/c1-2-30-28(33)24(16-20-8-4-3-5-9-20)31(18-22-10-6-7-11-23(22)29)27(32)15-13-21-12-14-25-26(17-21)35-19-34-25/h3-12,14,17,24H,2,13,15-16,18-19H2,1H3,(H,30,33)/t24-/m1/s1. The first kappa shape index (κ1) is 24.3. The lowest BCUT2D eigenvalue weighted by Crippen LogP contribution is -2.50. The van der Waals surface area contributed by atoms with Crippen LogP contribution in [0.4, 0.5) is 4.39 Å². The molecular weight excluding hydrogens is 447 g/mol. The van der Waals surface area contributed by atoms with Crippen LogP contribution >= 0.6 is 0 Å². The SMILES string of the molecule is CCNC(=O)[C@@H](Cc1ccccc1)N(Cc1ccccc1F)C(=O)CCc1ccc2c(c1)OCO2. The predicted molar refractivity (Wildman–Crippen MR) is 130 cm³/mol. The molecule has 1 heterocycles. The number of carbonyl (C=O) groups is 2. The first-order valence-corrected chi connectivity index (χ1v) is 11.8. The number of nitrogens with one attached hydrogen (secondary N) is 1. The molecule has 0 fully saturated rings. The fourth-order valence-electron chi connectivity index (χ4n) is 4.15.